The summed E-state index contributed by atoms with van der Waals surface area (Å²) in [7, 11) is 0. The topological polar surface area (TPSA) is 48.0 Å². The number of aromatic nitrogens is 1. The molecule has 0 atom stereocenters. The van der Waals surface area contributed by atoms with Crippen LogP contribution in [-0.4, -0.2) is 16.6 Å². The van der Waals surface area contributed by atoms with E-state index in [0.717, 1.165) is 42.2 Å². The zero-order chi connectivity index (χ0) is 10.4. The quantitative estimate of drug-likeness (QED) is 0.614. The number of hydrogen-bond acceptors (Lipinski definition) is 2. The van der Waals surface area contributed by atoms with Crippen LogP contribution in [0.3, 0.4) is 0 Å². The highest BCUT2D eigenvalue weighted by atomic mass is 19.1. The average molecular weight is 206 g/mol. The Morgan fingerprint density at radius 1 is 1.33 bits per heavy atom. The standard InChI is InChI=1S/C11H11FN2O/c12-9-4-6(15)3-7-8-5-13-2-1-10(8)14-11(7)9/h3-4,13-15H,1-2,5H2. The molecule has 3 N–H and O–H groups in total. The maximum atomic E-state index is 13.5. The molecule has 1 aliphatic heterocycles. The third kappa shape index (κ3) is 1.22. The Morgan fingerprint density at radius 3 is 3.07 bits per heavy atom. The number of fused-ring (bicyclic) bond motifs is 3. The second kappa shape index (κ2) is 2.97. The third-order valence-corrected chi connectivity index (χ3v) is 2.89. The minimum Gasteiger partial charge on any atom is -0.508 e. The molecule has 1 aromatic carbocycles. The van der Waals surface area contributed by atoms with E-state index in [0.29, 0.717) is 5.52 Å². The number of phenols is 1. The molecule has 0 bridgehead atoms. The van der Waals surface area contributed by atoms with Gasteiger partial charge in [0.05, 0.1) is 5.52 Å². The fraction of sp³-hybridized carbons (Fsp3) is 0.273. The fourth-order valence-electron chi connectivity index (χ4n) is 2.19. The molecule has 0 radical (unpaired) electrons. The van der Waals surface area contributed by atoms with Crippen LogP contribution in [0.15, 0.2) is 12.1 Å². The molecular formula is C11H11FN2O. The maximum absolute atomic E-state index is 13.5. The number of H-pyrrole nitrogens is 1. The van der Waals surface area contributed by atoms with E-state index in [1.165, 1.54) is 0 Å². The van der Waals surface area contributed by atoms with E-state index in [1.54, 1.807) is 6.07 Å². The number of aromatic amines is 1. The van der Waals surface area contributed by atoms with Crippen LogP contribution in [0.2, 0.25) is 0 Å². The van der Waals surface area contributed by atoms with Crippen LogP contribution in [-0.2, 0) is 13.0 Å². The van der Waals surface area contributed by atoms with E-state index in [2.05, 4.69) is 10.3 Å². The number of aromatic hydroxyl groups is 1. The van der Waals surface area contributed by atoms with Gasteiger partial charge in [-0.15, -0.1) is 0 Å². The summed E-state index contributed by atoms with van der Waals surface area (Å²) in [6.45, 7) is 1.64. The Balaban J connectivity index is 2.37. The summed E-state index contributed by atoms with van der Waals surface area (Å²) < 4.78 is 13.5. The first-order valence-electron chi connectivity index (χ1n) is 4.98. The molecular weight excluding hydrogens is 195 g/mol. The number of rotatable bonds is 0. The highest BCUT2D eigenvalue weighted by molar-refractivity contribution is 5.86. The number of benzene rings is 1. The highest BCUT2D eigenvalue weighted by Crippen LogP contribution is 2.29. The summed E-state index contributed by atoms with van der Waals surface area (Å²) in [5.41, 5.74) is 2.65. The molecule has 15 heavy (non-hydrogen) atoms. The van der Waals surface area contributed by atoms with Crippen molar-refractivity contribution >= 4 is 10.9 Å². The lowest BCUT2D eigenvalue weighted by Gasteiger charge is -2.12. The van der Waals surface area contributed by atoms with Gasteiger partial charge in [-0.1, -0.05) is 0 Å². The summed E-state index contributed by atoms with van der Waals surface area (Å²) in [4.78, 5) is 3.09. The van der Waals surface area contributed by atoms with Gasteiger partial charge in [-0.05, 0) is 11.6 Å². The average Bonchev–Trinajstić information content (AvgIpc) is 2.57. The van der Waals surface area contributed by atoms with Gasteiger partial charge in [0.2, 0.25) is 0 Å². The largest absolute Gasteiger partial charge is 0.508 e. The first-order chi connectivity index (χ1) is 7.25. The molecule has 3 rings (SSSR count). The molecule has 4 heteroatoms. The van der Waals surface area contributed by atoms with Crippen molar-refractivity contribution in [2.24, 2.45) is 0 Å². The SMILES string of the molecule is Oc1cc(F)c2[nH]c3c(c2c1)CNCC3. The first-order valence-corrected chi connectivity index (χ1v) is 4.98. The molecule has 2 heterocycles. The van der Waals surface area contributed by atoms with Crippen molar-refractivity contribution in [3.63, 3.8) is 0 Å². The van der Waals surface area contributed by atoms with Crippen LogP contribution in [0, 0.1) is 5.82 Å². The second-order valence-electron chi connectivity index (χ2n) is 3.86. The molecule has 3 nitrogen and oxygen atoms in total. The summed E-state index contributed by atoms with van der Waals surface area (Å²) in [5.74, 6) is -0.410. The maximum Gasteiger partial charge on any atom is 0.150 e. The number of halogens is 1. The summed E-state index contributed by atoms with van der Waals surface area (Å²) >= 11 is 0. The Morgan fingerprint density at radius 2 is 2.20 bits per heavy atom. The summed E-state index contributed by atoms with van der Waals surface area (Å²) in [6.07, 6.45) is 0.879. The Labute approximate surface area is 85.9 Å². The van der Waals surface area contributed by atoms with Crippen LogP contribution in [0.5, 0.6) is 5.75 Å². The number of phenolic OH excluding ortho intramolecular Hbond substituents is 1. The number of hydrogen-bond donors (Lipinski definition) is 3. The van der Waals surface area contributed by atoms with Crippen molar-refractivity contribution in [1.29, 1.82) is 0 Å². The van der Waals surface area contributed by atoms with Gasteiger partial charge < -0.3 is 15.4 Å². The third-order valence-electron chi connectivity index (χ3n) is 2.89. The van der Waals surface area contributed by atoms with Crippen LogP contribution >= 0.6 is 0 Å². The van der Waals surface area contributed by atoms with Crippen molar-refractivity contribution in [3.05, 3.63) is 29.2 Å². The van der Waals surface area contributed by atoms with Gasteiger partial charge in [0.25, 0.3) is 0 Å². The van der Waals surface area contributed by atoms with Crippen LogP contribution in [0.4, 0.5) is 4.39 Å². The first kappa shape index (κ1) is 8.73. The normalized spacial score (nSPS) is 15.5. The predicted octanol–water partition coefficient (Wildman–Crippen LogP) is 1.66. The lowest BCUT2D eigenvalue weighted by atomic mass is 10.1. The highest BCUT2D eigenvalue weighted by Gasteiger charge is 2.17. The van der Waals surface area contributed by atoms with E-state index in [-0.39, 0.29) is 11.6 Å². The molecule has 0 fully saturated rings. The van der Waals surface area contributed by atoms with Gasteiger partial charge in [0.1, 0.15) is 5.75 Å². The Hall–Kier alpha value is -1.55. The van der Waals surface area contributed by atoms with Gasteiger partial charge in [0.15, 0.2) is 5.82 Å². The van der Waals surface area contributed by atoms with E-state index < -0.39 is 0 Å². The molecule has 1 aromatic heterocycles. The zero-order valence-corrected chi connectivity index (χ0v) is 8.10. The molecule has 0 spiro atoms. The lowest BCUT2D eigenvalue weighted by Crippen LogP contribution is -2.22. The van der Waals surface area contributed by atoms with E-state index in [4.69, 9.17) is 0 Å². The van der Waals surface area contributed by atoms with Gasteiger partial charge in [-0.2, -0.15) is 0 Å². The van der Waals surface area contributed by atoms with Gasteiger partial charge >= 0.3 is 0 Å². The van der Waals surface area contributed by atoms with Gasteiger partial charge in [-0.3, -0.25) is 0 Å². The Bertz CT molecular complexity index is 533. The molecule has 0 unspecified atom stereocenters. The van der Waals surface area contributed by atoms with Crippen molar-refractivity contribution in [3.8, 4) is 5.75 Å². The van der Waals surface area contributed by atoms with Crippen molar-refractivity contribution in [1.82, 2.24) is 10.3 Å². The molecule has 78 valence electrons. The lowest BCUT2D eigenvalue weighted by molar-refractivity contribution is 0.471. The van der Waals surface area contributed by atoms with Crippen molar-refractivity contribution < 1.29 is 9.50 Å². The van der Waals surface area contributed by atoms with Crippen LogP contribution in [0.1, 0.15) is 11.3 Å². The molecule has 0 aliphatic carbocycles. The number of nitrogens with one attached hydrogen (secondary N) is 2. The predicted molar refractivity (Wildman–Crippen MR) is 55.3 cm³/mol. The Kier molecular flexibility index (Phi) is 1.73. The minimum atomic E-state index is -0.389. The van der Waals surface area contributed by atoms with Gasteiger partial charge in [0, 0.05) is 36.7 Å². The molecule has 1 aliphatic rings. The zero-order valence-electron chi connectivity index (χ0n) is 8.10. The van der Waals surface area contributed by atoms with Crippen LogP contribution < -0.4 is 5.32 Å². The summed E-state index contributed by atoms with van der Waals surface area (Å²) in [6, 6.07) is 2.75. The van der Waals surface area contributed by atoms with Crippen molar-refractivity contribution in [2.45, 2.75) is 13.0 Å². The van der Waals surface area contributed by atoms with E-state index in [9.17, 15) is 9.50 Å². The van der Waals surface area contributed by atoms with E-state index >= 15 is 0 Å². The fourth-order valence-corrected chi connectivity index (χ4v) is 2.19. The minimum absolute atomic E-state index is 0.0210. The van der Waals surface area contributed by atoms with Gasteiger partial charge in [-0.25, -0.2) is 4.39 Å². The smallest absolute Gasteiger partial charge is 0.150 e. The van der Waals surface area contributed by atoms with E-state index in [1.807, 2.05) is 0 Å². The monoisotopic (exact) mass is 206 g/mol. The second-order valence-corrected chi connectivity index (χ2v) is 3.86. The van der Waals surface area contributed by atoms with Crippen molar-refractivity contribution in [2.75, 3.05) is 6.54 Å². The molecule has 0 amide bonds. The summed E-state index contributed by atoms with van der Waals surface area (Å²) in [5, 5.41) is 13.4. The molecule has 0 saturated heterocycles. The molecule has 2 aromatic rings. The molecule has 0 saturated carbocycles. The van der Waals surface area contributed by atoms with Crippen LogP contribution in [0.25, 0.3) is 10.9 Å².